The second-order valence-corrected chi connectivity index (χ2v) is 8.73. The Labute approximate surface area is 128 Å². The summed E-state index contributed by atoms with van der Waals surface area (Å²) in [5.74, 6) is 3.92. The van der Waals surface area contributed by atoms with Crippen molar-refractivity contribution in [1.82, 2.24) is 10.2 Å². The molecule has 1 aliphatic heterocycles. The van der Waals surface area contributed by atoms with E-state index >= 15 is 0 Å². The number of nitrogens with zero attached hydrogens (tertiary/aromatic N) is 1. The molecule has 118 valence electrons. The van der Waals surface area contributed by atoms with Crippen LogP contribution in [0.2, 0.25) is 0 Å². The lowest BCUT2D eigenvalue weighted by molar-refractivity contribution is -0.136. The number of carbonyl (C=O) groups excluding carboxylic acids is 1. The third kappa shape index (κ3) is 2.74. The lowest BCUT2D eigenvalue weighted by atomic mass is 9.49. The zero-order valence-corrected chi connectivity index (χ0v) is 13.4. The average Bonchev–Trinajstić information content (AvgIpc) is 2.89. The highest BCUT2D eigenvalue weighted by atomic mass is 16.2. The first-order chi connectivity index (χ1) is 10.1. The number of hydrogen-bond acceptors (Lipinski definition) is 2. The molecule has 21 heavy (non-hydrogen) atoms. The maximum absolute atomic E-state index is 12.5. The van der Waals surface area contributed by atoms with Crippen molar-refractivity contribution in [3.8, 4) is 0 Å². The van der Waals surface area contributed by atoms with Crippen LogP contribution in [0.4, 0.5) is 0 Å². The molecule has 1 N–H and O–H groups in total. The van der Waals surface area contributed by atoms with Gasteiger partial charge in [0, 0.05) is 20.0 Å². The quantitative estimate of drug-likeness (QED) is 0.863. The predicted octanol–water partition coefficient (Wildman–Crippen LogP) is 2.66. The van der Waals surface area contributed by atoms with Crippen LogP contribution >= 0.6 is 0 Å². The minimum atomic E-state index is 0.388. The Bertz CT molecular complexity index is 378. The van der Waals surface area contributed by atoms with E-state index in [1.54, 1.807) is 0 Å². The highest BCUT2D eigenvalue weighted by Gasteiger charge is 2.51. The van der Waals surface area contributed by atoms with Crippen molar-refractivity contribution in [3.05, 3.63) is 0 Å². The largest absolute Gasteiger partial charge is 0.345 e. The second-order valence-electron chi connectivity index (χ2n) is 8.73. The Morgan fingerprint density at radius 1 is 1.14 bits per heavy atom. The zero-order valence-electron chi connectivity index (χ0n) is 13.4. The van der Waals surface area contributed by atoms with Gasteiger partial charge in [0.15, 0.2) is 0 Å². The Balaban J connectivity index is 1.37. The first kappa shape index (κ1) is 14.0. The monoisotopic (exact) mass is 290 g/mol. The third-order valence-corrected chi connectivity index (χ3v) is 6.79. The molecule has 1 atom stereocenters. The molecule has 5 rings (SSSR count). The Morgan fingerprint density at radius 3 is 2.29 bits per heavy atom. The summed E-state index contributed by atoms with van der Waals surface area (Å²) < 4.78 is 0. The molecule has 0 radical (unpaired) electrons. The van der Waals surface area contributed by atoms with E-state index in [4.69, 9.17) is 0 Å². The van der Waals surface area contributed by atoms with Crippen LogP contribution in [0.15, 0.2) is 0 Å². The molecule has 0 aromatic rings. The maximum Gasteiger partial charge on any atom is 0.222 e. The predicted molar refractivity (Wildman–Crippen MR) is 83.8 cm³/mol. The fourth-order valence-electron chi connectivity index (χ4n) is 6.37. The van der Waals surface area contributed by atoms with Crippen LogP contribution in [-0.4, -0.2) is 37.5 Å². The summed E-state index contributed by atoms with van der Waals surface area (Å²) >= 11 is 0. The van der Waals surface area contributed by atoms with E-state index in [1.807, 2.05) is 0 Å². The summed E-state index contributed by atoms with van der Waals surface area (Å²) in [6.07, 6.45) is 10.6. The molecule has 5 fully saturated rings. The van der Waals surface area contributed by atoms with E-state index < -0.39 is 0 Å². The first-order valence-electron chi connectivity index (χ1n) is 9.07. The molecule has 4 aliphatic carbocycles. The molecular formula is C18H30N2O. The molecule has 0 aromatic carbocycles. The second kappa shape index (κ2) is 5.26. The molecule has 3 heteroatoms. The van der Waals surface area contributed by atoms with Gasteiger partial charge in [-0.05, 0) is 87.1 Å². The van der Waals surface area contributed by atoms with Gasteiger partial charge in [-0.2, -0.15) is 0 Å². The highest BCUT2D eigenvalue weighted by molar-refractivity contribution is 5.76. The van der Waals surface area contributed by atoms with Gasteiger partial charge in [-0.25, -0.2) is 0 Å². The summed E-state index contributed by atoms with van der Waals surface area (Å²) in [4.78, 5) is 14.6. The van der Waals surface area contributed by atoms with E-state index in [2.05, 4.69) is 17.3 Å². The van der Waals surface area contributed by atoms with Gasteiger partial charge in [0.1, 0.15) is 0 Å². The Kier molecular flexibility index (Phi) is 3.52. The van der Waals surface area contributed by atoms with Crippen molar-refractivity contribution >= 4 is 5.91 Å². The van der Waals surface area contributed by atoms with Crippen molar-refractivity contribution in [2.45, 2.75) is 51.4 Å². The molecule has 5 aliphatic rings. The van der Waals surface area contributed by atoms with Crippen LogP contribution in [0.1, 0.15) is 51.4 Å². The Morgan fingerprint density at radius 2 is 1.76 bits per heavy atom. The lowest BCUT2D eigenvalue weighted by Gasteiger charge is -2.57. The molecule has 1 saturated heterocycles. The fraction of sp³-hybridized carbons (Fsp3) is 0.944. The number of hydrogen-bond donors (Lipinski definition) is 1. The minimum absolute atomic E-state index is 0.388. The number of amides is 1. The standard InChI is InChI=1S/C18H30N2O/c1-20(17(21)7-13-2-3-19-11-13)12-18-8-14-4-15(9-18)6-16(5-14)10-18/h13-16,19H,2-12H2,1H3. The van der Waals surface area contributed by atoms with Gasteiger partial charge in [-0.3, -0.25) is 4.79 Å². The summed E-state index contributed by atoms with van der Waals surface area (Å²) in [5, 5.41) is 3.37. The fourth-order valence-corrected chi connectivity index (χ4v) is 6.37. The van der Waals surface area contributed by atoms with Gasteiger partial charge in [0.05, 0.1) is 0 Å². The number of carbonyl (C=O) groups is 1. The van der Waals surface area contributed by atoms with E-state index in [9.17, 15) is 4.79 Å². The summed E-state index contributed by atoms with van der Waals surface area (Å²) in [6.45, 7) is 3.17. The molecule has 1 unspecified atom stereocenters. The van der Waals surface area contributed by atoms with Crippen LogP contribution in [-0.2, 0) is 4.79 Å². The van der Waals surface area contributed by atoms with Gasteiger partial charge >= 0.3 is 0 Å². The third-order valence-electron chi connectivity index (χ3n) is 6.79. The molecule has 0 spiro atoms. The summed E-state index contributed by atoms with van der Waals surface area (Å²) in [5.41, 5.74) is 0.493. The normalized spacial score (nSPS) is 44.2. The molecular weight excluding hydrogens is 260 g/mol. The number of nitrogens with one attached hydrogen (secondary N) is 1. The van der Waals surface area contributed by atoms with E-state index in [1.165, 1.54) is 44.9 Å². The van der Waals surface area contributed by atoms with Crippen LogP contribution in [0.5, 0.6) is 0 Å². The summed E-state index contributed by atoms with van der Waals surface area (Å²) in [7, 11) is 2.06. The van der Waals surface area contributed by atoms with Gasteiger partial charge in [0.25, 0.3) is 0 Å². The average molecular weight is 290 g/mol. The maximum atomic E-state index is 12.5. The number of rotatable bonds is 4. The topological polar surface area (TPSA) is 32.3 Å². The Hall–Kier alpha value is -0.570. The van der Waals surface area contributed by atoms with E-state index in [0.29, 0.717) is 17.2 Å². The van der Waals surface area contributed by atoms with Crippen molar-refractivity contribution in [1.29, 1.82) is 0 Å². The van der Waals surface area contributed by atoms with Gasteiger partial charge < -0.3 is 10.2 Å². The SMILES string of the molecule is CN(CC12CC3CC(CC(C3)C1)C2)C(=O)CC1CCNC1. The van der Waals surface area contributed by atoms with E-state index in [0.717, 1.165) is 43.8 Å². The molecule has 0 aromatic heterocycles. The summed E-state index contributed by atoms with van der Waals surface area (Å²) in [6, 6.07) is 0. The van der Waals surface area contributed by atoms with Gasteiger partial charge in [-0.15, -0.1) is 0 Å². The molecule has 1 heterocycles. The van der Waals surface area contributed by atoms with Gasteiger partial charge in [-0.1, -0.05) is 0 Å². The van der Waals surface area contributed by atoms with Crippen molar-refractivity contribution in [3.63, 3.8) is 0 Å². The van der Waals surface area contributed by atoms with Crippen molar-refractivity contribution in [2.75, 3.05) is 26.7 Å². The molecule has 4 bridgehead atoms. The van der Waals surface area contributed by atoms with Crippen molar-refractivity contribution < 1.29 is 4.79 Å². The molecule has 3 nitrogen and oxygen atoms in total. The minimum Gasteiger partial charge on any atom is -0.345 e. The highest BCUT2D eigenvalue weighted by Crippen LogP contribution is 2.60. The molecule has 1 amide bonds. The van der Waals surface area contributed by atoms with Gasteiger partial charge in [0.2, 0.25) is 5.91 Å². The van der Waals surface area contributed by atoms with E-state index in [-0.39, 0.29) is 0 Å². The van der Waals surface area contributed by atoms with Crippen LogP contribution < -0.4 is 5.32 Å². The van der Waals surface area contributed by atoms with Crippen molar-refractivity contribution in [2.24, 2.45) is 29.1 Å². The van der Waals surface area contributed by atoms with Crippen LogP contribution in [0, 0.1) is 29.1 Å². The lowest BCUT2D eigenvalue weighted by Crippen LogP contribution is -2.51. The molecule has 4 saturated carbocycles. The van der Waals surface area contributed by atoms with Crippen LogP contribution in [0.3, 0.4) is 0 Å². The van der Waals surface area contributed by atoms with Crippen LogP contribution in [0.25, 0.3) is 0 Å². The first-order valence-corrected chi connectivity index (χ1v) is 9.07. The smallest absolute Gasteiger partial charge is 0.222 e. The zero-order chi connectivity index (χ0) is 14.4.